The lowest BCUT2D eigenvalue weighted by molar-refractivity contribution is 0.0944. The predicted octanol–water partition coefficient (Wildman–Crippen LogP) is 1.60. The second-order valence-corrected chi connectivity index (χ2v) is 9.36. The van der Waals surface area contributed by atoms with Crippen LogP contribution in [0.15, 0.2) is 53.4 Å². The van der Waals surface area contributed by atoms with Crippen LogP contribution in [0.4, 0.5) is 16.0 Å². The SMILES string of the molecule is Nc1nc2c(ncn2CCN2CCN(c3ccc(C(=O)NCCO)cc3F)CC2)c2cc(-c3ccco3)nn12. The number of fused-ring (bicyclic) bond motifs is 3. The van der Waals surface area contributed by atoms with Crippen LogP contribution in [0.5, 0.6) is 0 Å². The highest BCUT2D eigenvalue weighted by Crippen LogP contribution is 2.26. The third kappa shape index (κ3) is 4.77. The van der Waals surface area contributed by atoms with Gasteiger partial charge in [0.05, 0.1) is 24.9 Å². The monoisotopic (exact) mass is 533 g/mol. The van der Waals surface area contributed by atoms with Crippen molar-refractivity contribution in [3.63, 3.8) is 0 Å². The number of hydrogen-bond donors (Lipinski definition) is 3. The van der Waals surface area contributed by atoms with E-state index in [1.54, 1.807) is 35.3 Å². The molecule has 5 aromatic rings. The van der Waals surface area contributed by atoms with E-state index in [1.807, 2.05) is 21.6 Å². The molecule has 0 radical (unpaired) electrons. The van der Waals surface area contributed by atoms with Crippen LogP contribution in [0, 0.1) is 5.82 Å². The molecule has 6 rings (SSSR count). The fourth-order valence-electron chi connectivity index (χ4n) is 4.90. The lowest BCUT2D eigenvalue weighted by Crippen LogP contribution is -2.47. The highest BCUT2D eigenvalue weighted by atomic mass is 19.1. The van der Waals surface area contributed by atoms with Crippen LogP contribution >= 0.6 is 0 Å². The molecule has 1 fully saturated rings. The number of nitrogens with zero attached hydrogens (tertiary/aromatic N) is 7. The minimum Gasteiger partial charge on any atom is -0.463 e. The minimum atomic E-state index is -0.435. The van der Waals surface area contributed by atoms with Gasteiger partial charge in [0.25, 0.3) is 5.91 Å². The van der Waals surface area contributed by atoms with E-state index in [0.717, 1.165) is 25.2 Å². The van der Waals surface area contributed by atoms with E-state index < -0.39 is 11.7 Å². The molecule has 0 saturated carbocycles. The van der Waals surface area contributed by atoms with Gasteiger partial charge in [-0.3, -0.25) is 9.69 Å². The zero-order chi connectivity index (χ0) is 26.9. The molecule has 13 heteroatoms. The van der Waals surface area contributed by atoms with E-state index in [9.17, 15) is 9.18 Å². The molecule has 12 nitrogen and oxygen atoms in total. The van der Waals surface area contributed by atoms with Crippen molar-refractivity contribution < 1.29 is 18.7 Å². The molecule has 5 heterocycles. The third-order valence-corrected chi connectivity index (χ3v) is 6.95. The first kappa shape index (κ1) is 24.8. The number of anilines is 2. The summed E-state index contributed by atoms with van der Waals surface area (Å²) in [6.07, 6.45) is 3.36. The van der Waals surface area contributed by atoms with Gasteiger partial charge in [0, 0.05) is 51.4 Å². The smallest absolute Gasteiger partial charge is 0.251 e. The maximum Gasteiger partial charge on any atom is 0.251 e. The molecule has 0 aliphatic carbocycles. The van der Waals surface area contributed by atoms with Gasteiger partial charge in [-0.2, -0.15) is 14.6 Å². The van der Waals surface area contributed by atoms with Crippen molar-refractivity contribution in [2.24, 2.45) is 0 Å². The van der Waals surface area contributed by atoms with Crippen LogP contribution < -0.4 is 16.0 Å². The molecular weight excluding hydrogens is 505 g/mol. The topological polar surface area (TPSA) is 143 Å². The van der Waals surface area contributed by atoms with Crippen LogP contribution in [0.1, 0.15) is 10.4 Å². The molecule has 0 atom stereocenters. The summed E-state index contributed by atoms with van der Waals surface area (Å²) in [5.74, 6) is 0.0679. The van der Waals surface area contributed by atoms with Gasteiger partial charge < -0.3 is 30.0 Å². The molecule has 0 spiro atoms. The number of furan rings is 1. The average molecular weight is 534 g/mol. The molecule has 1 saturated heterocycles. The number of carbonyl (C=O) groups excluding carboxylic acids is 1. The first-order valence-electron chi connectivity index (χ1n) is 12.7. The summed E-state index contributed by atoms with van der Waals surface area (Å²) in [5.41, 5.74) is 9.75. The van der Waals surface area contributed by atoms with Crippen molar-refractivity contribution in [2.75, 3.05) is 56.5 Å². The zero-order valence-electron chi connectivity index (χ0n) is 21.1. The number of nitrogens with two attached hydrogens (primary N) is 1. The highest BCUT2D eigenvalue weighted by Gasteiger charge is 2.21. The Bertz CT molecular complexity index is 1620. The summed E-state index contributed by atoms with van der Waals surface area (Å²) < 4.78 is 23.8. The number of piperazine rings is 1. The van der Waals surface area contributed by atoms with Crippen LogP contribution in [0.3, 0.4) is 0 Å². The number of aromatic nitrogens is 5. The molecule has 4 aromatic heterocycles. The van der Waals surface area contributed by atoms with Gasteiger partial charge in [0.1, 0.15) is 22.5 Å². The summed E-state index contributed by atoms with van der Waals surface area (Å²) in [7, 11) is 0. The van der Waals surface area contributed by atoms with E-state index in [1.165, 1.54) is 6.07 Å². The number of aliphatic hydroxyl groups is 1. The Kier molecular flexibility index (Phi) is 6.59. The molecular formula is C26H28FN9O3. The number of hydrogen-bond acceptors (Lipinski definition) is 9. The minimum absolute atomic E-state index is 0.128. The molecule has 1 aliphatic rings. The van der Waals surface area contributed by atoms with E-state index in [2.05, 4.69) is 25.3 Å². The predicted molar refractivity (Wildman–Crippen MR) is 143 cm³/mol. The van der Waals surface area contributed by atoms with E-state index >= 15 is 0 Å². The van der Waals surface area contributed by atoms with Crippen molar-refractivity contribution in [3.8, 4) is 11.5 Å². The van der Waals surface area contributed by atoms with Gasteiger partial charge in [0.2, 0.25) is 5.95 Å². The summed E-state index contributed by atoms with van der Waals surface area (Å²) in [5, 5.41) is 15.9. The number of benzene rings is 1. The van der Waals surface area contributed by atoms with Gasteiger partial charge >= 0.3 is 0 Å². The number of rotatable bonds is 8. The lowest BCUT2D eigenvalue weighted by atomic mass is 10.1. The Balaban J connectivity index is 1.10. The Labute approximate surface area is 222 Å². The Morgan fingerprint density at radius 2 is 2.00 bits per heavy atom. The number of imidazole rings is 1. The van der Waals surface area contributed by atoms with Crippen molar-refractivity contribution in [3.05, 3.63) is 60.4 Å². The van der Waals surface area contributed by atoms with Crippen molar-refractivity contribution >= 4 is 34.2 Å². The maximum absolute atomic E-state index is 14.8. The normalized spacial score (nSPS) is 14.5. The number of nitrogen functional groups attached to an aromatic ring is 1. The molecule has 1 aromatic carbocycles. The van der Waals surface area contributed by atoms with Crippen molar-refractivity contribution in [2.45, 2.75) is 6.54 Å². The summed E-state index contributed by atoms with van der Waals surface area (Å²) in [6.45, 7) is 4.26. The van der Waals surface area contributed by atoms with E-state index in [4.69, 9.17) is 15.3 Å². The highest BCUT2D eigenvalue weighted by molar-refractivity contribution is 5.94. The first-order chi connectivity index (χ1) is 19.0. The maximum atomic E-state index is 14.8. The van der Waals surface area contributed by atoms with Gasteiger partial charge in [0.15, 0.2) is 11.4 Å². The van der Waals surface area contributed by atoms with Gasteiger partial charge in [-0.25, -0.2) is 9.37 Å². The molecule has 39 heavy (non-hydrogen) atoms. The third-order valence-electron chi connectivity index (χ3n) is 6.95. The van der Waals surface area contributed by atoms with Crippen molar-refractivity contribution in [1.82, 2.24) is 34.4 Å². The van der Waals surface area contributed by atoms with Crippen molar-refractivity contribution in [1.29, 1.82) is 0 Å². The molecule has 0 unspecified atom stereocenters. The molecule has 1 aliphatic heterocycles. The number of nitrogens with one attached hydrogen (secondary N) is 1. The van der Waals surface area contributed by atoms with Crippen LogP contribution in [-0.4, -0.2) is 85.9 Å². The Morgan fingerprint density at radius 1 is 1.15 bits per heavy atom. The van der Waals surface area contributed by atoms with Crippen LogP contribution in [-0.2, 0) is 6.54 Å². The second-order valence-electron chi connectivity index (χ2n) is 9.36. The first-order valence-corrected chi connectivity index (χ1v) is 12.7. The van der Waals surface area contributed by atoms with Gasteiger partial charge in [-0.05, 0) is 36.4 Å². The van der Waals surface area contributed by atoms with Gasteiger partial charge in [-0.1, -0.05) is 0 Å². The molecule has 202 valence electrons. The molecule has 0 bridgehead atoms. The zero-order valence-corrected chi connectivity index (χ0v) is 21.1. The number of halogens is 1. The largest absolute Gasteiger partial charge is 0.463 e. The van der Waals surface area contributed by atoms with E-state index in [0.29, 0.717) is 47.9 Å². The standard InChI is InChI=1S/C26H28FN9O3/c27-18-14-17(25(38)29-5-12-37)3-4-20(18)34-9-6-33(7-10-34)8-11-35-16-30-23-21-15-19(22-2-1-13-39-22)32-36(21)26(28)31-24(23)35/h1-4,13-16,37H,5-12H2,(H2,28,31)(H,29,38). The quantitative estimate of drug-likeness (QED) is 0.271. The Hall–Kier alpha value is -4.49. The van der Waals surface area contributed by atoms with Crippen LogP contribution in [0.25, 0.3) is 28.1 Å². The molecule has 1 amide bonds. The summed E-state index contributed by atoms with van der Waals surface area (Å²) in [4.78, 5) is 25.5. The summed E-state index contributed by atoms with van der Waals surface area (Å²) >= 11 is 0. The second kappa shape index (κ2) is 10.3. The number of aliphatic hydroxyl groups excluding tert-OH is 1. The summed E-state index contributed by atoms with van der Waals surface area (Å²) in [6, 6.07) is 10.0. The Morgan fingerprint density at radius 3 is 2.74 bits per heavy atom. The number of amides is 1. The average Bonchev–Trinajstić information content (AvgIpc) is 3.71. The molecule has 4 N–H and O–H groups in total. The van der Waals surface area contributed by atoms with Gasteiger partial charge in [-0.15, -0.1) is 0 Å². The fraction of sp³-hybridized carbons (Fsp3) is 0.308. The lowest BCUT2D eigenvalue weighted by Gasteiger charge is -2.36. The fourth-order valence-corrected chi connectivity index (χ4v) is 4.90. The van der Waals surface area contributed by atoms with Crippen LogP contribution in [0.2, 0.25) is 0 Å². The van der Waals surface area contributed by atoms with E-state index in [-0.39, 0.29) is 24.7 Å². The number of carbonyl (C=O) groups is 1.